The van der Waals surface area contributed by atoms with Crippen molar-refractivity contribution in [1.29, 1.82) is 0 Å². The third-order valence-corrected chi connectivity index (χ3v) is 6.14. The molecule has 0 aliphatic rings. The number of aryl methyl sites for hydroxylation is 1. The van der Waals surface area contributed by atoms with E-state index in [-0.39, 0.29) is 18.3 Å². The molecule has 7 heteroatoms. The van der Waals surface area contributed by atoms with E-state index in [0.29, 0.717) is 22.3 Å². The smallest absolute Gasteiger partial charge is 0.252 e. The molecule has 5 nitrogen and oxygen atoms in total. The fourth-order valence-corrected chi connectivity index (χ4v) is 4.04. The van der Waals surface area contributed by atoms with Crippen molar-refractivity contribution in [2.24, 2.45) is 0 Å². The van der Waals surface area contributed by atoms with Gasteiger partial charge in [0, 0.05) is 22.1 Å². The Kier molecular flexibility index (Phi) is 5.94. The molecule has 2 heterocycles. The lowest BCUT2D eigenvalue weighted by atomic mass is 10.0. The van der Waals surface area contributed by atoms with Crippen molar-refractivity contribution in [3.8, 4) is 22.5 Å². The van der Waals surface area contributed by atoms with Gasteiger partial charge in [0.15, 0.2) is 5.65 Å². The maximum absolute atomic E-state index is 13.4. The summed E-state index contributed by atoms with van der Waals surface area (Å²) in [5, 5.41) is 11.1. The summed E-state index contributed by atoms with van der Waals surface area (Å²) < 4.78 is 14.2. The zero-order chi connectivity index (χ0) is 23.7. The molecule has 0 aliphatic heterocycles. The molecule has 34 heavy (non-hydrogen) atoms. The molecule has 0 radical (unpaired) electrons. The molecule has 0 saturated carbocycles. The van der Waals surface area contributed by atoms with E-state index in [4.69, 9.17) is 4.98 Å². The van der Waals surface area contributed by atoms with Gasteiger partial charge in [0.25, 0.3) is 5.91 Å². The first-order valence-corrected chi connectivity index (χ1v) is 11.5. The van der Waals surface area contributed by atoms with E-state index >= 15 is 0 Å². The van der Waals surface area contributed by atoms with Crippen LogP contribution in [0.15, 0.2) is 83.3 Å². The number of fused-ring (bicyclic) bond motifs is 1. The quantitative estimate of drug-likeness (QED) is 0.283. The Labute approximate surface area is 204 Å². The summed E-state index contributed by atoms with van der Waals surface area (Å²) in [6.45, 7) is 2.29. The van der Waals surface area contributed by atoms with Gasteiger partial charge in [0.1, 0.15) is 5.82 Å². The molecular formula is C27H20BrFN4O. The van der Waals surface area contributed by atoms with Gasteiger partial charge in [-0.25, -0.2) is 9.37 Å². The number of nitrogens with zero attached hydrogens (tertiary/aromatic N) is 2. The second kappa shape index (κ2) is 9.19. The highest BCUT2D eigenvalue weighted by atomic mass is 79.9. The average Bonchev–Trinajstić information content (AvgIpc) is 3.28. The van der Waals surface area contributed by atoms with Crippen LogP contribution in [-0.4, -0.2) is 21.1 Å². The number of amides is 1. The second-order valence-corrected chi connectivity index (χ2v) is 8.95. The number of H-pyrrole nitrogens is 1. The predicted octanol–water partition coefficient (Wildman–Crippen LogP) is 6.43. The van der Waals surface area contributed by atoms with Gasteiger partial charge in [-0.05, 0) is 42.8 Å². The minimum atomic E-state index is -0.314. The van der Waals surface area contributed by atoms with E-state index in [9.17, 15) is 9.18 Å². The number of pyridine rings is 1. The van der Waals surface area contributed by atoms with E-state index in [1.807, 2.05) is 55.5 Å². The number of benzene rings is 3. The van der Waals surface area contributed by atoms with Crippen molar-refractivity contribution in [3.05, 3.63) is 106 Å². The molecule has 0 atom stereocenters. The Bertz CT molecular complexity index is 1480. The third-order valence-electron chi connectivity index (χ3n) is 5.62. The van der Waals surface area contributed by atoms with E-state index in [0.717, 1.165) is 32.4 Å². The van der Waals surface area contributed by atoms with Crippen LogP contribution in [-0.2, 0) is 6.54 Å². The van der Waals surface area contributed by atoms with Gasteiger partial charge in [-0.15, -0.1) is 0 Å². The van der Waals surface area contributed by atoms with Gasteiger partial charge in [0.2, 0.25) is 0 Å². The maximum atomic E-state index is 13.4. The monoisotopic (exact) mass is 514 g/mol. The van der Waals surface area contributed by atoms with E-state index in [1.165, 1.54) is 12.1 Å². The first-order chi connectivity index (χ1) is 16.5. The Morgan fingerprint density at radius 3 is 2.35 bits per heavy atom. The van der Waals surface area contributed by atoms with Crippen molar-refractivity contribution in [3.63, 3.8) is 0 Å². The topological polar surface area (TPSA) is 70.7 Å². The third kappa shape index (κ3) is 4.47. The largest absolute Gasteiger partial charge is 0.348 e. The fraction of sp³-hybridized carbons (Fsp3) is 0.0741. The molecular weight excluding hydrogens is 495 g/mol. The van der Waals surface area contributed by atoms with Gasteiger partial charge in [-0.3, -0.25) is 9.89 Å². The summed E-state index contributed by atoms with van der Waals surface area (Å²) in [4.78, 5) is 18.1. The number of nitrogens with one attached hydrogen (secondary N) is 2. The van der Waals surface area contributed by atoms with Crippen LogP contribution in [0.5, 0.6) is 0 Å². The molecule has 0 fully saturated rings. The minimum absolute atomic E-state index is 0.259. The van der Waals surface area contributed by atoms with Crippen molar-refractivity contribution >= 4 is 32.9 Å². The van der Waals surface area contributed by atoms with Crippen molar-refractivity contribution in [2.45, 2.75) is 13.5 Å². The van der Waals surface area contributed by atoms with E-state index in [1.54, 1.807) is 18.2 Å². The first kappa shape index (κ1) is 22.0. The highest BCUT2D eigenvalue weighted by molar-refractivity contribution is 9.10. The predicted molar refractivity (Wildman–Crippen MR) is 135 cm³/mol. The molecule has 5 aromatic rings. The number of hydrogen-bond acceptors (Lipinski definition) is 3. The molecule has 5 rings (SSSR count). The summed E-state index contributed by atoms with van der Waals surface area (Å²) in [5.41, 5.74) is 6.04. The highest BCUT2D eigenvalue weighted by Crippen LogP contribution is 2.32. The van der Waals surface area contributed by atoms with Crippen LogP contribution in [0.4, 0.5) is 4.39 Å². The summed E-state index contributed by atoms with van der Waals surface area (Å²) in [6, 6.07) is 23.6. The van der Waals surface area contributed by atoms with Crippen molar-refractivity contribution in [2.75, 3.05) is 0 Å². The highest BCUT2D eigenvalue weighted by Gasteiger charge is 2.20. The maximum Gasteiger partial charge on any atom is 0.252 e. The van der Waals surface area contributed by atoms with Crippen LogP contribution < -0.4 is 5.32 Å². The lowest BCUT2D eigenvalue weighted by Gasteiger charge is -2.10. The van der Waals surface area contributed by atoms with Gasteiger partial charge >= 0.3 is 0 Å². The summed E-state index contributed by atoms with van der Waals surface area (Å²) >= 11 is 3.46. The summed E-state index contributed by atoms with van der Waals surface area (Å²) in [7, 11) is 0. The molecule has 2 aromatic heterocycles. The zero-order valence-corrected chi connectivity index (χ0v) is 19.9. The Balaban J connectivity index is 1.60. The lowest BCUT2D eigenvalue weighted by Crippen LogP contribution is -2.23. The van der Waals surface area contributed by atoms with Gasteiger partial charge in [0.05, 0.1) is 22.3 Å². The van der Waals surface area contributed by atoms with E-state index < -0.39 is 0 Å². The Morgan fingerprint density at radius 2 is 1.65 bits per heavy atom. The molecule has 0 bridgehead atoms. The van der Waals surface area contributed by atoms with Crippen molar-refractivity contribution < 1.29 is 9.18 Å². The van der Waals surface area contributed by atoms with Gasteiger partial charge < -0.3 is 5.32 Å². The zero-order valence-electron chi connectivity index (χ0n) is 18.3. The molecule has 1 amide bonds. The number of carbonyl (C=O) groups excluding carboxylic acids is 1. The molecule has 0 unspecified atom stereocenters. The number of aromatic amines is 1. The Hall–Kier alpha value is -3.84. The number of aromatic nitrogens is 3. The molecule has 2 N–H and O–H groups in total. The first-order valence-electron chi connectivity index (χ1n) is 10.7. The molecule has 168 valence electrons. The van der Waals surface area contributed by atoms with Crippen LogP contribution in [0, 0.1) is 12.7 Å². The minimum Gasteiger partial charge on any atom is -0.348 e. The van der Waals surface area contributed by atoms with Gasteiger partial charge in [-0.1, -0.05) is 70.0 Å². The molecule has 0 spiro atoms. The standard InChI is InChI=1S/C27H20BrFN4O/c1-16-2-6-18(7-3-16)23-14-22(27(34)30-15-17-4-12-21(29)13-5-17)24-25(32-33-26(24)31-23)19-8-10-20(28)11-9-19/h2-14H,15H2,1H3,(H,30,34)(H,31,32,33). The summed E-state index contributed by atoms with van der Waals surface area (Å²) in [6.07, 6.45) is 0. The lowest BCUT2D eigenvalue weighted by molar-refractivity contribution is 0.0952. The Morgan fingerprint density at radius 1 is 0.971 bits per heavy atom. The molecule has 3 aromatic carbocycles. The number of rotatable bonds is 5. The number of carbonyl (C=O) groups is 1. The number of hydrogen-bond donors (Lipinski definition) is 2. The van der Waals surface area contributed by atoms with Crippen LogP contribution in [0.25, 0.3) is 33.5 Å². The van der Waals surface area contributed by atoms with Crippen LogP contribution in [0.2, 0.25) is 0 Å². The SMILES string of the molecule is Cc1ccc(-c2cc(C(=O)NCc3ccc(F)cc3)c3c(-c4ccc(Br)cc4)[nH]nc3n2)cc1. The van der Waals surface area contributed by atoms with Gasteiger partial charge in [-0.2, -0.15) is 5.10 Å². The van der Waals surface area contributed by atoms with Crippen LogP contribution in [0.3, 0.4) is 0 Å². The molecule has 0 saturated heterocycles. The van der Waals surface area contributed by atoms with E-state index in [2.05, 4.69) is 31.4 Å². The second-order valence-electron chi connectivity index (χ2n) is 8.03. The normalized spacial score (nSPS) is 11.0. The van der Waals surface area contributed by atoms with Crippen LogP contribution in [0.1, 0.15) is 21.5 Å². The van der Waals surface area contributed by atoms with Crippen molar-refractivity contribution in [1.82, 2.24) is 20.5 Å². The summed E-state index contributed by atoms with van der Waals surface area (Å²) in [5.74, 6) is -0.573. The molecule has 0 aliphatic carbocycles. The average molecular weight is 515 g/mol. The number of halogens is 2. The van der Waals surface area contributed by atoms with Crippen LogP contribution >= 0.6 is 15.9 Å². The fourth-order valence-electron chi connectivity index (χ4n) is 3.78.